The average Bonchev–Trinajstić information content (AvgIpc) is 2.63. The molecule has 0 aliphatic carbocycles. The molecule has 6 nitrogen and oxygen atoms in total. The molecule has 0 aliphatic heterocycles. The Balaban J connectivity index is 1.91. The highest BCUT2D eigenvalue weighted by molar-refractivity contribution is 6.43. The van der Waals surface area contributed by atoms with Gasteiger partial charge < -0.3 is 14.2 Å². The molecule has 0 unspecified atom stereocenters. The van der Waals surface area contributed by atoms with E-state index in [0.717, 1.165) is 5.56 Å². The van der Waals surface area contributed by atoms with Gasteiger partial charge in [0, 0.05) is 6.07 Å². The minimum absolute atomic E-state index is 0.250. The molecule has 138 valence electrons. The number of amides is 1. The zero-order valence-electron chi connectivity index (χ0n) is 13.9. The molecule has 2 aromatic carbocycles. The Morgan fingerprint density at radius 1 is 1.00 bits per heavy atom. The Morgan fingerprint density at radius 3 is 2.38 bits per heavy atom. The molecule has 0 bridgehead atoms. The van der Waals surface area contributed by atoms with Gasteiger partial charge in [-0.1, -0.05) is 34.8 Å². The topological polar surface area (TPSA) is 69.2 Å². The molecular weight excluding hydrogens is 403 g/mol. The van der Waals surface area contributed by atoms with E-state index in [1.54, 1.807) is 25.3 Å². The quantitative estimate of drug-likeness (QED) is 0.416. The molecule has 0 aromatic heterocycles. The van der Waals surface area contributed by atoms with E-state index < -0.39 is 5.91 Å². The van der Waals surface area contributed by atoms with Gasteiger partial charge >= 0.3 is 0 Å². The molecule has 0 saturated carbocycles. The lowest BCUT2D eigenvalue weighted by Crippen LogP contribution is -2.24. The van der Waals surface area contributed by atoms with Crippen LogP contribution in [0.1, 0.15) is 5.56 Å². The third-order valence-electron chi connectivity index (χ3n) is 3.14. The van der Waals surface area contributed by atoms with E-state index in [0.29, 0.717) is 16.5 Å². The maximum atomic E-state index is 11.8. The molecular formula is C17H15Cl3N2O4. The van der Waals surface area contributed by atoms with E-state index in [4.69, 9.17) is 49.0 Å². The molecule has 26 heavy (non-hydrogen) atoms. The Morgan fingerprint density at radius 2 is 1.69 bits per heavy atom. The van der Waals surface area contributed by atoms with Gasteiger partial charge in [0.25, 0.3) is 5.91 Å². The molecule has 2 rings (SSSR count). The first-order chi connectivity index (χ1) is 12.4. The number of carbonyl (C=O) groups excluding carboxylic acids is 1. The third-order valence-corrected chi connectivity index (χ3v) is 4.16. The second kappa shape index (κ2) is 9.52. The number of halogens is 3. The van der Waals surface area contributed by atoms with Crippen molar-refractivity contribution in [1.82, 2.24) is 5.43 Å². The lowest BCUT2D eigenvalue weighted by molar-refractivity contribution is -0.123. The van der Waals surface area contributed by atoms with Crippen LogP contribution in [0.3, 0.4) is 0 Å². The van der Waals surface area contributed by atoms with Gasteiger partial charge in [-0.3, -0.25) is 4.79 Å². The summed E-state index contributed by atoms with van der Waals surface area (Å²) in [6, 6.07) is 8.10. The first kappa shape index (κ1) is 20.2. The van der Waals surface area contributed by atoms with Crippen molar-refractivity contribution in [3.63, 3.8) is 0 Å². The number of nitrogens with zero attached hydrogens (tertiary/aromatic N) is 1. The van der Waals surface area contributed by atoms with Crippen molar-refractivity contribution in [3.05, 3.63) is 51.0 Å². The zero-order valence-corrected chi connectivity index (χ0v) is 16.2. The number of hydrogen-bond donors (Lipinski definition) is 1. The number of rotatable bonds is 7. The van der Waals surface area contributed by atoms with Crippen LogP contribution in [0.15, 0.2) is 35.4 Å². The van der Waals surface area contributed by atoms with Crippen molar-refractivity contribution in [3.8, 4) is 17.2 Å². The van der Waals surface area contributed by atoms with Gasteiger partial charge in [0.1, 0.15) is 5.75 Å². The summed E-state index contributed by atoms with van der Waals surface area (Å²) in [5.41, 5.74) is 3.06. The molecule has 0 fully saturated rings. The monoisotopic (exact) mass is 416 g/mol. The second-order valence-corrected chi connectivity index (χ2v) is 6.11. The number of carbonyl (C=O) groups is 1. The predicted molar refractivity (Wildman–Crippen MR) is 102 cm³/mol. The summed E-state index contributed by atoms with van der Waals surface area (Å²) in [6.07, 6.45) is 1.46. The van der Waals surface area contributed by atoms with Crippen LogP contribution in [-0.2, 0) is 4.79 Å². The zero-order chi connectivity index (χ0) is 19.1. The van der Waals surface area contributed by atoms with Crippen LogP contribution in [0.4, 0.5) is 0 Å². The van der Waals surface area contributed by atoms with Crippen molar-refractivity contribution >= 4 is 46.9 Å². The molecule has 9 heteroatoms. The molecule has 0 radical (unpaired) electrons. The van der Waals surface area contributed by atoms with Gasteiger partial charge in [-0.25, -0.2) is 5.43 Å². The van der Waals surface area contributed by atoms with Crippen molar-refractivity contribution in [2.45, 2.75) is 0 Å². The Kier molecular flexibility index (Phi) is 7.38. The van der Waals surface area contributed by atoms with Crippen LogP contribution in [0.2, 0.25) is 15.1 Å². The molecule has 0 spiro atoms. The smallest absolute Gasteiger partial charge is 0.277 e. The minimum atomic E-state index is -0.469. The Labute approximate surface area is 165 Å². The van der Waals surface area contributed by atoms with Gasteiger partial charge in [-0.05, 0) is 29.8 Å². The van der Waals surface area contributed by atoms with Crippen LogP contribution in [0.5, 0.6) is 17.2 Å². The standard InChI is InChI=1S/C17H15Cl3N2O4/c1-24-14-4-3-10(5-16(14)25-2)8-21-22-17(23)9-26-15-7-12(19)11(18)6-13(15)20/h3-8H,9H2,1-2H3,(H,22,23). The summed E-state index contributed by atoms with van der Waals surface area (Å²) in [6.45, 7) is -0.291. The summed E-state index contributed by atoms with van der Waals surface area (Å²) < 4.78 is 15.6. The fraction of sp³-hybridized carbons (Fsp3) is 0.176. The number of hydrogen-bond acceptors (Lipinski definition) is 5. The highest BCUT2D eigenvalue weighted by atomic mass is 35.5. The summed E-state index contributed by atoms with van der Waals surface area (Å²) >= 11 is 17.7. The van der Waals surface area contributed by atoms with Gasteiger partial charge in [0.2, 0.25) is 0 Å². The SMILES string of the molecule is COc1ccc(C=NNC(=O)COc2cc(Cl)c(Cl)cc2Cl)cc1OC. The molecule has 1 N–H and O–H groups in total. The number of nitrogens with one attached hydrogen (secondary N) is 1. The van der Waals surface area contributed by atoms with Gasteiger partial charge in [-0.15, -0.1) is 0 Å². The molecule has 1 amide bonds. The highest BCUT2D eigenvalue weighted by Gasteiger charge is 2.09. The molecule has 0 heterocycles. The largest absolute Gasteiger partial charge is 0.493 e. The van der Waals surface area contributed by atoms with Crippen LogP contribution in [0, 0.1) is 0 Å². The lowest BCUT2D eigenvalue weighted by atomic mass is 10.2. The van der Waals surface area contributed by atoms with Crippen molar-refractivity contribution < 1.29 is 19.0 Å². The molecule has 0 aliphatic rings. The normalized spacial score (nSPS) is 10.7. The minimum Gasteiger partial charge on any atom is -0.493 e. The van der Waals surface area contributed by atoms with E-state index in [1.165, 1.54) is 25.5 Å². The van der Waals surface area contributed by atoms with Crippen molar-refractivity contribution in [1.29, 1.82) is 0 Å². The number of ether oxygens (including phenoxy) is 3. The van der Waals surface area contributed by atoms with Crippen LogP contribution in [-0.4, -0.2) is 32.9 Å². The van der Waals surface area contributed by atoms with Gasteiger partial charge in [-0.2, -0.15) is 5.10 Å². The van der Waals surface area contributed by atoms with Crippen LogP contribution in [0.25, 0.3) is 0 Å². The van der Waals surface area contributed by atoms with E-state index in [9.17, 15) is 4.79 Å². The number of methoxy groups -OCH3 is 2. The van der Waals surface area contributed by atoms with Crippen LogP contribution >= 0.6 is 34.8 Å². The number of hydrazone groups is 1. The second-order valence-electron chi connectivity index (χ2n) is 4.89. The van der Waals surface area contributed by atoms with E-state index in [2.05, 4.69) is 10.5 Å². The molecule has 0 atom stereocenters. The van der Waals surface area contributed by atoms with Crippen molar-refractivity contribution in [2.75, 3.05) is 20.8 Å². The first-order valence-corrected chi connectivity index (χ1v) is 8.39. The van der Waals surface area contributed by atoms with Crippen molar-refractivity contribution in [2.24, 2.45) is 5.10 Å². The third kappa shape index (κ3) is 5.42. The summed E-state index contributed by atoms with van der Waals surface area (Å²) in [5.74, 6) is 0.935. The number of benzene rings is 2. The maximum Gasteiger partial charge on any atom is 0.277 e. The average molecular weight is 418 g/mol. The Hall–Kier alpha value is -2.15. The maximum absolute atomic E-state index is 11.8. The fourth-order valence-electron chi connectivity index (χ4n) is 1.90. The highest BCUT2D eigenvalue weighted by Crippen LogP contribution is 2.33. The summed E-state index contributed by atoms with van der Waals surface area (Å²) in [7, 11) is 3.08. The van der Waals surface area contributed by atoms with Crippen LogP contribution < -0.4 is 19.6 Å². The Bertz CT molecular complexity index is 828. The predicted octanol–water partition coefficient (Wildman–Crippen LogP) is 4.19. The van der Waals surface area contributed by atoms with E-state index >= 15 is 0 Å². The van der Waals surface area contributed by atoms with E-state index in [-0.39, 0.29) is 22.4 Å². The lowest BCUT2D eigenvalue weighted by Gasteiger charge is -2.08. The van der Waals surface area contributed by atoms with Gasteiger partial charge in [0.05, 0.1) is 35.5 Å². The van der Waals surface area contributed by atoms with Gasteiger partial charge in [0.15, 0.2) is 18.1 Å². The fourth-order valence-corrected chi connectivity index (χ4v) is 2.49. The molecule has 0 saturated heterocycles. The summed E-state index contributed by atoms with van der Waals surface area (Å²) in [4.78, 5) is 11.8. The summed E-state index contributed by atoms with van der Waals surface area (Å²) in [5, 5.41) is 4.68. The molecule has 2 aromatic rings. The van der Waals surface area contributed by atoms with E-state index in [1.807, 2.05) is 0 Å². The first-order valence-electron chi connectivity index (χ1n) is 7.26.